The Hall–Kier alpha value is -3.31. The van der Waals surface area contributed by atoms with Crippen LogP contribution in [-0.4, -0.2) is 49.2 Å². The number of nitro benzene ring substituents is 1. The minimum absolute atomic E-state index is 0.00432. The predicted octanol–water partition coefficient (Wildman–Crippen LogP) is 3.26. The summed E-state index contributed by atoms with van der Waals surface area (Å²) < 4.78 is 32.3. The van der Waals surface area contributed by atoms with Crippen LogP contribution >= 0.6 is 0 Å². The molecule has 33 heavy (non-hydrogen) atoms. The van der Waals surface area contributed by atoms with Gasteiger partial charge in [0.1, 0.15) is 0 Å². The van der Waals surface area contributed by atoms with E-state index in [9.17, 15) is 28.1 Å². The van der Waals surface area contributed by atoms with Crippen molar-refractivity contribution in [3.8, 4) is 0 Å². The molecule has 0 bridgehead atoms. The molecule has 1 aliphatic rings. The highest BCUT2D eigenvalue weighted by Gasteiger charge is 2.26. The second-order valence-corrected chi connectivity index (χ2v) is 9.67. The molecule has 0 atom stereocenters. The number of esters is 1. The summed E-state index contributed by atoms with van der Waals surface area (Å²) in [5, 5.41) is 13.5. The molecule has 1 fully saturated rings. The van der Waals surface area contributed by atoms with E-state index < -0.39 is 33.4 Å². The van der Waals surface area contributed by atoms with Crippen molar-refractivity contribution in [3.63, 3.8) is 0 Å². The van der Waals surface area contributed by atoms with Gasteiger partial charge in [-0.05, 0) is 44.0 Å². The van der Waals surface area contributed by atoms with Crippen molar-refractivity contribution in [2.24, 2.45) is 0 Å². The second-order valence-electron chi connectivity index (χ2n) is 7.73. The molecule has 1 N–H and O–H groups in total. The highest BCUT2D eigenvalue weighted by atomic mass is 32.2. The number of hydrogen-bond acceptors (Lipinski definition) is 7. The second kappa shape index (κ2) is 10.5. The van der Waals surface area contributed by atoms with E-state index in [0.29, 0.717) is 18.7 Å². The van der Waals surface area contributed by atoms with Gasteiger partial charge in [-0.15, -0.1) is 0 Å². The molecule has 0 spiro atoms. The van der Waals surface area contributed by atoms with Crippen molar-refractivity contribution < 1.29 is 27.7 Å². The maximum atomic E-state index is 12.9. The van der Waals surface area contributed by atoms with Crippen LogP contribution in [0.1, 0.15) is 41.6 Å². The van der Waals surface area contributed by atoms with Gasteiger partial charge in [-0.1, -0.05) is 25.0 Å². The number of aryl methyl sites for hydroxylation is 1. The molecule has 0 radical (unpaired) electrons. The monoisotopic (exact) mass is 475 g/mol. The van der Waals surface area contributed by atoms with Crippen molar-refractivity contribution in [1.82, 2.24) is 4.31 Å². The van der Waals surface area contributed by atoms with E-state index in [-0.39, 0.29) is 21.8 Å². The van der Waals surface area contributed by atoms with Gasteiger partial charge in [-0.25, -0.2) is 13.2 Å². The number of hydrogen-bond donors (Lipinski definition) is 1. The van der Waals surface area contributed by atoms with Gasteiger partial charge in [-0.3, -0.25) is 14.9 Å². The standard InChI is InChI=1S/C22H25N3O7S/c1-16-9-10-18(14-20(16)25(28)29)23-21(26)15-32-22(27)17-7-6-8-19(13-17)33(30,31)24-11-4-2-3-5-12-24/h6-10,13-14H,2-5,11-12,15H2,1H3,(H,23,26). The van der Waals surface area contributed by atoms with Crippen molar-refractivity contribution in [1.29, 1.82) is 0 Å². The molecule has 1 amide bonds. The Morgan fingerprint density at radius 1 is 1.09 bits per heavy atom. The van der Waals surface area contributed by atoms with Gasteiger partial charge in [0.05, 0.1) is 15.4 Å². The van der Waals surface area contributed by atoms with Crippen LogP contribution in [0.25, 0.3) is 0 Å². The average Bonchev–Trinajstić information content (AvgIpc) is 3.09. The molecule has 0 aliphatic carbocycles. The summed E-state index contributed by atoms with van der Waals surface area (Å²) in [6, 6.07) is 9.73. The highest BCUT2D eigenvalue weighted by Crippen LogP contribution is 2.23. The molecular formula is C22H25N3O7S. The van der Waals surface area contributed by atoms with Crippen LogP contribution in [0.15, 0.2) is 47.4 Å². The molecule has 10 nitrogen and oxygen atoms in total. The summed E-state index contributed by atoms with van der Waals surface area (Å²) in [4.78, 5) is 35.0. The SMILES string of the molecule is Cc1ccc(NC(=O)COC(=O)c2cccc(S(=O)(=O)N3CCCCCC3)c2)cc1[N+](=O)[O-]. The fourth-order valence-corrected chi connectivity index (χ4v) is 5.07. The highest BCUT2D eigenvalue weighted by molar-refractivity contribution is 7.89. The third-order valence-corrected chi connectivity index (χ3v) is 7.19. The first kappa shape index (κ1) is 24.3. The van der Waals surface area contributed by atoms with Crippen LogP contribution in [0.4, 0.5) is 11.4 Å². The zero-order valence-corrected chi connectivity index (χ0v) is 19.0. The van der Waals surface area contributed by atoms with Crippen LogP contribution in [0.2, 0.25) is 0 Å². The number of sulfonamides is 1. The number of carbonyl (C=O) groups excluding carboxylic acids is 2. The van der Waals surface area contributed by atoms with Gasteiger partial charge in [0.15, 0.2) is 6.61 Å². The molecule has 176 valence electrons. The minimum atomic E-state index is -3.74. The molecule has 11 heteroatoms. The van der Waals surface area contributed by atoms with Gasteiger partial charge in [-0.2, -0.15) is 4.31 Å². The van der Waals surface area contributed by atoms with E-state index in [4.69, 9.17) is 4.74 Å². The molecule has 3 rings (SSSR count). The molecular weight excluding hydrogens is 450 g/mol. The number of nitro groups is 1. The Kier molecular flexibility index (Phi) is 7.77. The van der Waals surface area contributed by atoms with Gasteiger partial charge >= 0.3 is 5.97 Å². The van der Waals surface area contributed by atoms with Gasteiger partial charge in [0.2, 0.25) is 10.0 Å². The van der Waals surface area contributed by atoms with Gasteiger partial charge < -0.3 is 10.1 Å². The van der Waals surface area contributed by atoms with Crippen molar-refractivity contribution in [2.75, 3.05) is 25.0 Å². The number of amides is 1. The van der Waals surface area contributed by atoms with Crippen LogP contribution in [0.5, 0.6) is 0 Å². The maximum absolute atomic E-state index is 12.9. The molecule has 0 aromatic heterocycles. The summed E-state index contributed by atoms with van der Waals surface area (Å²) in [5.41, 5.74) is 0.496. The topological polar surface area (TPSA) is 136 Å². The van der Waals surface area contributed by atoms with E-state index >= 15 is 0 Å². The smallest absolute Gasteiger partial charge is 0.338 e. The normalized spacial score (nSPS) is 14.8. The van der Waals surface area contributed by atoms with E-state index in [1.54, 1.807) is 6.92 Å². The zero-order chi connectivity index (χ0) is 24.0. The Labute approximate surface area is 191 Å². The first-order valence-electron chi connectivity index (χ1n) is 10.5. The molecule has 0 saturated carbocycles. The maximum Gasteiger partial charge on any atom is 0.338 e. The number of rotatable bonds is 7. The third-order valence-electron chi connectivity index (χ3n) is 5.30. The van der Waals surface area contributed by atoms with Crippen LogP contribution in [-0.2, 0) is 19.6 Å². The van der Waals surface area contributed by atoms with E-state index in [0.717, 1.165) is 25.7 Å². The number of anilines is 1. The van der Waals surface area contributed by atoms with Crippen molar-refractivity contribution >= 4 is 33.3 Å². The van der Waals surface area contributed by atoms with E-state index in [1.807, 2.05) is 0 Å². The number of benzene rings is 2. The van der Waals surface area contributed by atoms with Crippen molar-refractivity contribution in [3.05, 3.63) is 63.7 Å². The molecule has 2 aromatic carbocycles. The lowest BCUT2D eigenvalue weighted by Crippen LogP contribution is -2.32. The molecule has 1 aliphatic heterocycles. The van der Waals surface area contributed by atoms with E-state index in [1.165, 1.54) is 46.8 Å². The van der Waals surface area contributed by atoms with Crippen molar-refractivity contribution in [2.45, 2.75) is 37.5 Å². The molecule has 2 aromatic rings. The number of carbonyl (C=O) groups is 2. The van der Waals surface area contributed by atoms with Gasteiger partial charge in [0.25, 0.3) is 11.6 Å². The number of ether oxygens (including phenoxy) is 1. The van der Waals surface area contributed by atoms with Crippen LogP contribution < -0.4 is 5.32 Å². The lowest BCUT2D eigenvalue weighted by Gasteiger charge is -2.20. The first-order valence-corrected chi connectivity index (χ1v) is 11.9. The third kappa shape index (κ3) is 6.14. The quantitative estimate of drug-likeness (QED) is 0.369. The fraction of sp³-hybridized carbons (Fsp3) is 0.364. The van der Waals surface area contributed by atoms with Gasteiger partial charge in [0, 0.05) is 30.4 Å². The Morgan fingerprint density at radius 3 is 2.45 bits per heavy atom. The number of nitrogens with one attached hydrogen (secondary N) is 1. The minimum Gasteiger partial charge on any atom is -0.452 e. The predicted molar refractivity (Wildman–Crippen MR) is 120 cm³/mol. The molecule has 0 unspecified atom stereocenters. The van der Waals surface area contributed by atoms with Crippen LogP contribution in [0, 0.1) is 17.0 Å². The summed E-state index contributed by atoms with van der Waals surface area (Å²) in [5.74, 6) is -1.54. The fourth-order valence-electron chi connectivity index (χ4n) is 3.51. The number of nitrogens with zero attached hydrogens (tertiary/aromatic N) is 2. The summed E-state index contributed by atoms with van der Waals surface area (Å²) in [6.45, 7) is 1.82. The lowest BCUT2D eigenvalue weighted by atomic mass is 10.2. The van der Waals surface area contributed by atoms with Crippen LogP contribution in [0.3, 0.4) is 0 Å². The Morgan fingerprint density at radius 2 is 1.79 bits per heavy atom. The average molecular weight is 476 g/mol. The summed E-state index contributed by atoms with van der Waals surface area (Å²) in [6.07, 6.45) is 3.55. The Balaban J connectivity index is 1.63. The van der Waals surface area contributed by atoms with E-state index in [2.05, 4.69) is 5.32 Å². The zero-order valence-electron chi connectivity index (χ0n) is 18.2. The summed E-state index contributed by atoms with van der Waals surface area (Å²) >= 11 is 0. The first-order chi connectivity index (χ1) is 15.7. The molecule has 1 saturated heterocycles. The lowest BCUT2D eigenvalue weighted by molar-refractivity contribution is -0.385. The largest absolute Gasteiger partial charge is 0.452 e. The summed E-state index contributed by atoms with van der Waals surface area (Å²) in [7, 11) is -3.74. The molecule has 1 heterocycles. The Bertz CT molecular complexity index is 1160.